The van der Waals surface area contributed by atoms with Crippen LogP contribution in [0.5, 0.6) is 11.6 Å². The van der Waals surface area contributed by atoms with Gasteiger partial charge in [-0.2, -0.15) is 5.10 Å². The molecule has 1 heterocycles. The molecule has 0 saturated carbocycles. The van der Waals surface area contributed by atoms with Crippen LogP contribution in [-0.2, 0) is 6.54 Å². The molecule has 0 bridgehead atoms. The second-order valence-electron chi connectivity index (χ2n) is 3.24. The number of hydrogen-bond acceptors (Lipinski definition) is 4. The first-order valence-electron chi connectivity index (χ1n) is 4.84. The maximum absolute atomic E-state index is 13.4. The maximum Gasteiger partial charge on any atom is 0.239 e. The summed E-state index contributed by atoms with van der Waals surface area (Å²) in [6.07, 6.45) is 0. The second kappa shape index (κ2) is 5.20. The van der Waals surface area contributed by atoms with Gasteiger partial charge in [0.15, 0.2) is 11.6 Å². The van der Waals surface area contributed by atoms with Crippen molar-refractivity contribution in [2.45, 2.75) is 6.54 Å². The van der Waals surface area contributed by atoms with Gasteiger partial charge < -0.3 is 10.5 Å². The minimum atomic E-state index is -0.460. The SMILES string of the molecule is NCc1ccc(Oc2cc(Br)ccc2F)nn1. The highest BCUT2D eigenvalue weighted by Crippen LogP contribution is 2.26. The molecule has 88 valence electrons. The van der Waals surface area contributed by atoms with E-state index in [1.807, 2.05) is 0 Å². The minimum absolute atomic E-state index is 0.0918. The van der Waals surface area contributed by atoms with E-state index in [-0.39, 0.29) is 11.6 Å². The fourth-order valence-corrected chi connectivity index (χ4v) is 1.52. The van der Waals surface area contributed by atoms with Gasteiger partial charge in [0, 0.05) is 17.1 Å². The number of rotatable bonds is 3. The molecular formula is C11H9BrFN3O. The molecule has 0 aliphatic heterocycles. The largest absolute Gasteiger partial charge is 0.434 e. The van der Waals surface area contributed by atoms with Crippen molar-refractivity contribution in [3.05, 3.63) is 46.3 Å². The quantitative estimate of drug-likeness (QED) is 0.946. The average Bonchev–Trinajstić information content (AvgIpc) is 2.35. The van der Waals surface area contributed by atoms with Crippen LogP contribution in [0.2, 0.25) is 0 Å². The van der Waals surface area contributed by atoms with E-state index >= 15 is 0 Å². The Kier molecular flexibility index (Phi) is 3.65. The van der Waals surface area contributed by atoms with Gasteiger partial charge in [-0.25, -0.2) is 4.39 Å². The number of nitrogens with zero attached hydrogens (tertiary/aromatic N) is 2. The molecule has 0 saturated heterocycles. The summed E-state index contributed by atoms with van der Waals surface area (Å²) in [5.41, 5.74) is 6.03. The molecule has 0 fully saturated rings. The minimum Gasteiger partial charge on any atom is -0.434 e. The summed E-state index contributed by atoms with van der Waals surface area (Å²) < 4.78 is 19.4. The fraction of sp³-hybridized carbons (Fsp3) is 0.0909. The van der Waals surface area contributed by atoms with E-state index < -0.39 is 5.82 Å². The molecule has 4 nitrogen and oxygen atoms in total. The summed E-state index contributed by atoms with van der Waals surface area (Å²) >= 11 is 3.23. The first-order chi connectivity index (χ1) is 8.19. The topological polar surface area (TPSA) is 61.0 Å². The summed E-state index contributed by atoms with van der Waals surface area (Å²) in [5.74, 6) is -0.147. The van der Waals surface area contributed by atoms with Crippen molar-refractivity contribution in [1.82, 2.24) is 10.2 Å². The third-order valence-electron chi connectivity index (χ3n) is 2.01. The Morgan fingerprint density at radius 1 is 1.24 bits per heavy atom. The van der Waals surface area contributed by atoms with Gasteiger partial charge in [-0.05, 0) is 24.3 Å². The zero-order valence-electron chi connectivity index (χ0n) is 8.73. The summed E-state index contributed by atoms with van der Waals surface area (Å²) in [5, 5.41) is 7.59. The Bertz CT molecular complexity index is 519. The van der Waals surface area contributed by atoms with Crippen LogP contribution in [0, 0.1) is 5.82 Å². The molecule has 0 amide bonds. The fourth-order valence-electron chi connectivity index (χ4n) is 1.18. The summed E-state index contributed by atoms with van der Waals surface area (Å²) in [6, 6.07) is 7.69. The van der Waals surface area contributed by atoms with Gasteiger partial charge in [0.1, 0.15) is 0 Å². The standard InChI is InChI=1S/C11H9BrFN3O/c12-7-1-3-9(13)10(5-7)17-11-4-2-8(6-14)15-16-11/h1-5H,6,14H2. The van der Waals surface area contributed by atoms with E-state index in [0.717, 1.165) is 4.47 Å². The van der Waals surface area contributed by atoms with Gasteiger partial charge in [-0.3, -0.25) is 0 Å². The number of hydrogen-bond donors (Lipinski definition) is 1. The molecule has 0 spiro atoms. The molecule has 2 rings (SSSR count). The second-order valence-corrected chi connectivity index (χ2v) is 4.16. The van der Waals surface area contributed by atoms with Crippen LogP contribution in [-0.4, -0.2) is 10.2 Å². The summed E-state index contributed by atoms with van der Waals surface area (Å²) in [4.78, 5) is 0. The molecule has 2 aromatic rings. The average molecular weight is 298 g/mol. The van der Waals surface area contributed by atoms with E-state index in [0.29, 0.717) is 12.2 Å². The summed E-state index contributed by atoms with van der Waals surface area (Å²) in [7, 11) is 0. The van der Waals surface area contributed by atoms with Crippen molar-refractivity contribution < 1.29 is 9.13 Å². The van der Waals surface area contributed by atoms with Gasteiger partial charge in [0.05, 0.1) is 5.69 Å². The Labute approximate surface area is 106 Å². The number of aromatic nitrogens is 2. The lowest BCUT2D eigenvalue weighted by Gasteiger charge is -2.05. The molecular weight excluding hydrogens is 289 g/mol. The lowest BCUT2D eigenvalue weighted by Crippen LogP contribution is -2.01. The number of halogens is 2. The van der Waals surface area contributed by atoms with E-state index in [4.69, 9.17) is 10.5 Å². The first-order valence-corrected chi connectivity index (χ1v) is 5.64. The molecule has 6 heteroatoms. The highest BCUT2D eigenvalue weighted by Gasteiger charge is 2.06. The van der Waals surface area contributed by atoms with Crippen LogP contribution in [0.25, 0.3) is 0 Å². The monoisotopic (exact) mass is 297 g/mol. The smallest absolute Gasteiger partial charge is 0.239 e. The predicted octanol–water partition coefficient (Wildman–Crippen LogP) is 2.63. The van der Waals surface area contributed by atoms with Crippen LogP contribution in [0.4, 0.5) is 4.39 Å². The number of benzene rings is 1. The van der Waals surface area contributed by atoms with E-state index in [9.17, 15) is 4.39 Å². The molecule has 0 aliphatic rings. The van der Waals surface area contributed by atoms with Crippen molar-refractivity contribution in [1.29, 1.82) is 0 Å². The van der Waals surface area contributed by atoms with Crippen molar-refractivity contribution >= 4 is 15.9 Å². The van der Waals surface area contributed by atoms with Crippen LogP contribution in [0.3, 0.4) is 0 Å². The highest BCUT2D eigenvalue weighted by atomic mass is 79.9. The van der Waals surface area contributed by atoms with E-state index in [2.05, 4.69) is 26.1 Å². The van der Waals surface area contributed by atoms with Gasteiger partial charge in [0.2, 0.25) is 5.88 Å². The Morgan fingerprint density at radius 3 is 2.71 bits per heavy atom. The molecule has 17 heavy (non-hydrogen) atoms. The van der Waals surface area contributed by atoms with Crippen molar-refractivity contribution in [3.8, 4) is 11.6 Å². The van der Waals surface area contributed by atoms with Crippen LogP contribution >= 0.6 is 15.9 Å². The Morgan fingerprint density at radius 2 is 2.06 bits per heavy atom. The van der Waals surface area contributed by atoms with E-state index in [1.165, 1.54) is 12.1 Å². The van der Waals surface area contributed by atoms with Crippen molar-refractivity contribution in [2.24, 2.45) is 5.73 Å². The van der Waals surface area contributed by atoms with Crippen LogP contribution < -0.4 is 10.5 Å². The molecule has 0 atom stereocenters. The van der Waals surface area contributed by atoms with Gasteiger partial charge in [-0.15, -0.1) is 5.10 Å². The van der Waals surface area contributed by atoms with Crippen LogP contribution in [0.15, 0.2) is 34.8 Å². The Hall–Kier alpha value is -1.53. The van der Waals surface area contributed by atoms with Crippen molar-refractivity contribution in [2.75, 3.05) is 0 Å². The predicted molar refractivity (Wildman–Crippen MR) is 64.1 cm³/mol. The normalized spacial score (nSPS) is 10.3. The molecule has 1 aromatic heterocycles. The van der Waals surface area contributed by atoms with Gasteiger partial charge in [-0.1, -0.05) is 15.9 Å². The number of ether oxygens (including phenoxy) is 1. The summed E-state index contributed by atoms with van der Waals surface area (Å²) in [6.45, 7) is 0.304. The third kappa shape index (κ3) is 2.98. The lowest BCUT2D eigenvalue weighted by atomic mass is 10.3. The Balaban J connectivity index is 2.22. The molecule has 1 aromatic carbocycles. The molecule has 2 N–H and O–H groups in total. The van der Waals surface area contributed by atoms with E-state index in [1.54, 1.807) is 18.2 Å². The third-order valence-corrected chi connectivity index (χ3v) is 2.51. The maximum atomic E-state index is 13.4. The zero-order valence-corrected chi connectivity index (χ0v) is 10.3. The highest BCUT2D eigenvalue weighted by molar-refractivity contribution is 9.10. The van der Waals surface area contributed by atoms with Gasteiger partial charge in [0.25, 0.3) is 0 Å². The van der Waals surface area contributed by atoms with Crippen molar-refractivity contribution in [3.63, 3.8) is 0 Å². The molecule has 0 unspecified atom stereocenters. The molecule has 0 aliphatic carbocycles. The lowest BCUT2D eigenvalue weighted by molar-refractivity contribution is 0.420. The van der Waals surface area contributed by atoms with Crippen LogP contribution in [0.1, 0.15) is 5.69 Å². The first kappa shape index (κ1) is 11.9. The molecule has 0 radical (unpaired) electrons. The number of nitrogens with two attached hydrogens (primary N) is 1. The van der Waals surface area contributed by atoms with Gasteiger partial charge >= 0.3 is 0 Å². The zero-order chi connectivity index (χ0) is 12.3.